The molecule has 1 aromatic carbocycles. The number of aromatic hydroxyl groups is 1. The molecule has 0 spiro atoms. The minimum Gasteiger partial charge on any atom is -0.506 e. The lowest BCUT2D eigenvalue weighted by Crippen LogP contribution is -2.02. The Morgan fingerprint density at radius 1 is 1.00 bits per heavy atom. The third kappa shape index (κ3) is 1.97. The van der Waals surface area contributed by atoms with Gasteiger partial charge in [0.05, 0.1) is 0 Å². The van der Waals surface area contributed by atoms with Crippen LogP contribution in [0.5, 0.6) is 5.75 Å². The second-order valence-corrected chi connectivity index (χ2v) is 4.84. The van der Waals surface area contributed by atoms with Crippen molar-refractivity contribution in [3.63, 3.8) is 0 Å². The summed E-state index contributed by atoms with van der Waals surface area (Å²) in [5.41, 5.74) is 3.55. The average Bonchev–Trinajstić information content (AvgIpc) is 3.11. The molecule has 2 aliphatic rings. The quantitative estimate of drug-likeness (QED) is 0.875. The molecule has 2 aliphatic carbocycles. The van der Waals surface area contributed by atoms with Gasteiger partial charge in [-0.3, -0.25) is 0 Å². The first-order valence-electron chi connectivity index (χ1n) is 6.50. The third-order valence-corrected chi connectivity index (χ3v) is 3.62. The van der Waals surface area contributed by atoms with Crippen molar-refractivity contribution >= 4 is 17.1 Å². The van der Waals surface area contributed by atoms with E-state index >= 15 is 0 Å². The first kappa shape index (κ1) is 12.5. The zero-order valence-electron chi connectivity index (χ0n) is 10.8. The van der Waals surface area contributed by atoms with Crippen molar-refractivity contribution in [3.05, 3.63) is 65.3 Å². The van der Waals surface area contributed by atoms with Crippen LogP contribution in [0.1, 0.15) is 34.3 Å². The number of carboxylic acid groups (broad SMARTS) is 1. The van der Waals surface area contributed by atoms with Crippen LogP contribution in [0.25, 0.3) is 11.1 Å². The number of carboxylic acids is 1. The van der Waals surface area contributed by atoms with E-state index in [2.05, 4.69) is 0 Å². The lowest BCUT2D eigenvalue weighted by Gasteiger charge is -2.15. The van der Waals surface area contributed by atoms with Crippen molar-refractivity contribution < 1.29 is 15.0 Å². The Bertz CT molecular complexity index is 703. The van der Waals surface area contributed by atoms with Crippen LogP contribution in [0.2, 0.25) is 0 Å². The summed E-state index contributed by atoms with van der Waals surface area (Å²) < 4.78 is 0. The van der Waals surface area contributed by atoms with Gasteiger partial charge in [-0.2, -0.15) is 0 Å². The number of hydrogen-bond donors (Lipinski definition) is 2. The van der Waals surface area contributed by atoms with Crippen molar-refractivity contribution in [1.29, 1.82) is 0 Å². The largest absolute Gasteiger partial charge is 0.506 e. The lowest BCUT2D eigenvalue weighted by molar-refractivity contribution is 0.0693. The summed E-state index contributed by atoms with van der Waals surface area (Å²) in [5.74, 6) is -1.25. The van der Waals surface area contributed by atoms with Gasteiger partial charge < -0.3 is 10.2 Å². The standard InChI is InChI=1S/C17H14O3/c18-16-14(17(19)20)10-9-13(11-5-1-2-6-11)15(16)12-7-3-4-8-12/h1-5,7,9-10,18H,6,8H2,(H,19,20). The average molecular weight is 266 g/mol. The summed E-state index contributed by atoms with van der Waals surface area (Å²) >= 11 is 0. The Balaban J connectivity index is 2.19. The van der Waals surface area contributed by atoms with Crippen molar-refractivity contribution in [3.8, 4) is 5.75 Å². The molecular weight excluding hydrogens is 252 g/mol. The zero-order valence-corrected chi connectivity index (χ0v) is 10.8. The zero-order chi connectivity index (χ0) is 14.1. The number of carbonyl (C=O) groups is 1. The van der Waals surface area contributed by atoms with Crippen LogP contribution < -0.4 is 0 Å². The van der Waals surface area contributed by atoms with E-state index in [1.54, 1.807) is 6.07 Å². The summed E-state index contributed by atoms with van der Waals surface area (Å²) in [6.07, 6.45) is 13.4. The molecule has 0 aliphatic heterocycles. The molecule has 3 rings (SSSR count). The van der Waals surface area contributed by atoms with Crippen LogP contribution in [0, 0.1) is 0 Å². The maximum Gasteiger partial charge on any atom is 0.339 e. The molecule has 2 N–H and O–H groups in total. The van der Waals surface area contributed by atoms with E-state index < -0.39 is 5.97 Å². The number of rotatable bonds is 3. The Morgan fingerprint density at radius 2 is 1.65 bits per heavy atom. The number of allylic oxidation sites excluding steroid dienone is 8. The molecule has 0 fully saturated rings. The highest BCUT2D eigenvalue weighted by Crippen LogP contribution is 2.40. The fourth-order valence-corrected chi connectivity index (χ4v) is 2.64. The highest BCUT2D eigenvalue weighted by Gasteiger charge is 2.22. The van der Waals surface area contributed by atoms with E-state index in [9.17, 15) is 9.90 Å². The van der Waals surface area contributed by atoms with Gasteiger partial charge in [-0.1, -0.05) is 42.5 Å². The van der Waals surface area contributed by atoms with Gasteiger partial charge in [-0.05, 0) is 35.6 Å². The Morgan fingerprint density at radius 3 is 2.20 bits per heavy atom. The summed E-state index contributed by atoms with van der Waals surface area (Å²) in [4.78, 5) is 11.2. The van der Waals surface area contributed by atoms with Crippen LogP contribution >= 0.6 is 0 Å². The minimum absolute atomic E-state index is 0.0527. The molecule has 0 aromatic heterocycles. The maximum atomic E-state index is 11.2. The molecule has 20 heavy (non-hydrogen) atoms. The lowest BCUT2D eigenvalue weighted by atomic mass is 9.90. The number of phenols is 1. The topological polar surface area (TPSA) is 57.5 Å². The molecule has 0 bridgehead atoms. The summed E-state index contributed by atoms with van der Waals surface area (Å²) in [6, 6.07) is 3.26. The number of aromatic carboxylic acids is 1. The second-order valence-electron chi connectivity index (χ2n) is 4.84. The van der Waals surface area contributed by atoms with E-state index in [0.29, 0.717) is 12.0 Å². The monoisotopic (exact) mass is 266 g/mol. The van der Waals surface area contributed by atoms with Gasteiger partial charge in [0.1, 0.15) is 11.3 Å². The van der Waals surface area contributed by atoms with Crippen LogP contribution in [0.15, 0.2) is 48.6 Å². The predicted molar refractivity (Wildman–Crippen MR) is 78.5 cm³/mol. The molecule has 3 nitrogen and oxygen atoms in total. The highest BCUT2D eigenvalue weighted by molar-refractivity contribution is 5.96. The normalized spacial score (nSPS) is 16.4. The van der Waals surface area contributed by atoms with E-state index in [-0.39, 0.29) is 11.3 Å². The fourth-order valence-electron chi connectivity index (χ4n) is 2.64. The van der Waals surface area contributed by atoms with Crippen molar-refractivity contribution in [2.75, 3.05) is 0 Å². The summed E-state index contributed by atoms with van der Waals surface area (Å²) in [6.45, 7) is 0. The molecule has 0 saturated heterocycles. The van der Waals surface area contributed by atoms with E-state index in [1.807, 2.05) is 36.5 Å². The van der Waals surface area contributed by atoms with Gasteiger partial charge >= 0.3 is 5.97 Å². The SMILES string of the molecule is O=C(O)c1ccc(C2=CC=CC2)c(C2=CC=CC2)c1O. The molecular formula is C17H14O3. The van der Waals surface area contributed by atoms with Crippen molar-refractivity contribution in [2.45, 2.75) is 12.8 Å². The van der Waals surface area contributed by atoms with Gasteiger partial charge in [-0.15, -0.1) is 0 Å². The van der Waals surface area contributed by atoms with Crippen LogP contribution in [0.3, 0.4) is 0 Å². The molecule has 1 aromatic rings. The second kappa shape index (κ2) is 4.85. The van der Waals surface area contributed by atoms with E-state index in [0.717, 1.165) is 23.1 Å². The summed E-state index contributed by atoms with van der Waals surface area (Å²) in [5, 5.41) is 19.5. The number of hydrogen-bond acceptors (Lipinski definition) is 2. The Labute approximate surface area is 116 Å². The molecule has 100 valence electrons. The first-order chi connectivity index (χ1) is 9.68. The van der Waals surface area contributed by atoms with E-state index in [1.165, 1.54) is 6.07 Å². The van der Waals surface area contributed by atoms with Crippen LogP contribution in [0.4, 0.5) is 0 Å². The van der Waals surface area contributed by atoms with E-state index in [4.69, 9.17) is 5.11 Å². The van der Waals surface area contributed by atoms with Crippen molar-refractivity contribution in [1.82, 2.24) is 0 Å². The van der Waals surface area contributed by atoms with Gasteiger partial charge in [0, 0.05) is 5.56 Å². The first-order valence-corrected chi connectivity index (χ1v) is 6.50. The molecule has 0 unspecified atom stereocenters. The number of benzene rings is 1. The Kier molecular flexibility index (Phi) is 3.03. The molecule has 0 atom stereocenters. The van der Waals surface area contributed by atoms with Gasteiger partial charge in [0.2, 0.25) is 0 Å². The van der Waals surface area contributed by atoms with Crippen LogP contribution in [-0.4, -0.2) is 16.2 Å². The minimum atomic E-state index is -1.11. The molecule has 0 radical (unpaired) electrons. The van der Waals surface area contributed by atoms with Gasteiger partial charge in [0.15, 0.2) is 0 Å². The Hall–Kier alpha value is -2.55. The van der Waals surface area contributed by atoms with Gasteiger partial charge in [-0.25, -0.2) is 4.79 Å². The highest BCUT2D eigenvalue weighted by atomic mass is 16.4. The smallest absolute Gasteiger partial charge is 0.339 e. The maximum absolute atomic E-state index is 11.2. The fraction of sp³-hybridized carbons (Fsp3) is 0.118. The van der Waals surface area contributed by atoms with Crippen LogP contribution in [-0.2, 0) is 0 Å². The van der Waals surface area contributed by atoms with Gasteiger partial charge in [0.25, 0.3) is 0 Å². The molecule has 3 heteroatoms. The predicted octanol–water partition coefficient (Wildman–Crippen LogP) is 3.78. The summed E-state index contributed by atoms with van der Waals surface area (Å²) in [7, 11) is 0. The molecule has 0 heterocycles. The molecule has 0 amide bonds. The third-order valence-electron chi connectivity index (χ3n) is 3.62. The molecule has 0 saturated carbocycles. The van der Waals surface area contributed by atoms with Crippen molar-refractivity contribution in [2.24, 2.45) is 0 Å².